The molecular weight excluding hydrogens is 162 g/mol. The Morgan fingerprint density at radius 1 is 1.15 bits per heavy atom. The molecule has 2 rings (SSSR count). The predicted octanol–water partition coefficient (Wildman–Crippen LogP) is 1.80. The zero-order chi connectivity index (χ0) is 9.15. The molecule has 76 valence electrons. The molecule has 0 spiro atoms. The minimum atomic E-state index is 0.606. The Labute approximate surface area is 81.0 Å². The van der Waals surface area contributed by atoms with E-state index in [-0.39, 0.29) is 0 Å². The molecule has 0 aromatic heterocycles. The molecule has 2 heteroatoms. The van der Waals surface area contributed by atoms with Crippen molar-refractivity contribution >= 4 is 0 Å². The predicted molar refractivity (Wildman–Crippen MR) is 53.8 cm³/mol. The van der Waals surface area contributed by atoms with E-state index in [1.54, 1.807) is 0 Å². The van der Waals surface area contributed by atoms with E-state index in [4.69, 9.17) is 4.74 Å². The smallest absolute Gasteiger partial charge is 0.0468 e. The van der Waals surface area contributed by atoms with Crippen LogP contribution in [-0.4, -0.2) is 26.3 Å². The van der Waals surface area contributed by atoms with Gasteiger partial charge in [-0.15, -0.1) is 0 Å². The van der Waals surface area contributed by atoms with Crippen LogP contribution in [0.1, 0.15) is 32.6 Å². The van der Waals surface area contributed by atoms with Crippen LogP contribution < -0.4 is 5.32 Å². The lowest BCUT2D eigenvalue weighted by atomic mass is 9.68. The molecule has 2 aliphatic rings. The highest BCUT2D eigenvalue weighted by Crippen LogP contribution is 2.41. The molecule has 0 amide bonds. The molecule has 0 radical (unpaired) electrons. The van der Waals surface area contributed by atoms with Crippen molar-refractivity contribution in [2.24, 2.45) is 11.3 Å². The van der Waals surface area contributed by atoms with Gasteiger partial charge in [0.15, 0.2) is 0 Å². The van der Waals surface area contributed by atoms with Gasteiger partial charge in [0.25, 0.3) is 0 Å². The zero-order valence-corrected chi connectivity index (χ0v) is 8.64. The van der Waals surface area contributed by atoms with Gasteiger partial charge in [-0.05, 0) is 50.1 Å². The Morgan fingerprint density at radius 2 is 1.77 bits per heavy atom. The average Bonchev–Trinajstić information content (AvgIpc) is 2.20. The van der Waals surface area contributed by atoms with Crippen LogP contribution in [-0.2, 0) is 4.74 Å². The highest BCUT2D eigenvalue weighted by Gasteiger charge is 2.35. The van der Waals surface area contributed by atoms with Gasteiger partial charge in [0, 0.05) is 13.2 Å². The first-order valence-electron chi connectivity index (χ1n) is 5.60. The van der Waals surface area contributed by atoms with E-state index in [1.807, 2.05) is 0 Å². The first kappa shape index (κ1) is 9.47. The fourth-order valence-electron chi connectivity index (χ4n) is 2.80. The number of piperidine rings is 1. The second-order valence-corrected chi connectivity index (χ2v) is 4.79. The fraction of sp³-hybridized carbons (Fsp3) is 1.00. The van der Waals surface area contributed by atoms with Crippen molar-refractivity contribution in [1.82, 2.24) is 5.32 Å². The van der Waals surface area contributed by atoms with Crippen molar-refractivity contribution in [3.05, 3.63) is 0 Å². The molecule has 0 aliphatic carbocycles. The largest absolute Gasteiger partial charge is 0.381 e. The summed E-state index contributed by atoms with van der Waals surface area (Å²) >= 11 is 0. The van der Waals surface area contributed by atoms with E-state index >= 15 is 0 Å². The Kier molecular flexibility index (Phi) is 2.89. The molecule has 1 N–H and O–H groups in total. The van der Waals surface area contributed by atoms with Crippen LogP contribution in [0.4, 0.5) is 0 Å². The van der Waals surface area contributed by atoms with Gasteiger partial charge >= 0.3 is 0 Å². The maximum Gasteiger partial charge on any atom is 0.0468 e. The first-order valence-corrected chi connectivity index (χ1v) is 5.60. The summed E-state index contributed by atoms with van der Waals surface area (Å²) in [6.07, 6.45) is 5.29. The molecular formula is C11H21NO. The maximum atomic E-state index is 5.42. The van der Waals surface area contributed by atoms with Crippen LogP contribution in [0.3, 0.4) is 0 Å². The zero-order valence-electron chi connectivity index (χ0n) is 8.64. The van der Waals surface area contributed by atoms with Crippen LogP contribution in [0, 0.1) is 11.3 Å². The van der Waals surface area contributed by atoms with Crippen molar-refractivity contribution in [3.8, 4) is 0 Å². The lowest BCUT2D eigenvalue weighted by molar-refractivity contribution is 0.00383. The van der Waals surface area contributed by atoms with E-state index in [0.29, 0.717) is 5.41 Å². The molecule has 2 fully saturated rings. The van der Waals surface area contributed by atoms with Crippen molar-refractivity contribution in [3.63, 3.8) is 0 Å². The second kappa shape index (κ2) is 3.97. The van der Waals surface area contributed by atoms with E-state index in [2.05, 4.69) is 12.2 Å². The average molecular weight is 183 g/mol. The molecule has 2 saturated heterocycles. The van der Waals surface area contributed by atoms with E-state index in [0.717, 1.165) is 19.1 Å². The molecule has 2 aliphatic heterocycles. The normalized spacial score (nSPS) is 30.2. The SMILES string of the molecule is CC1(C2CCOCC2)CCNCC1. The van der Waals surface area contributed by atoms with E-state index in [1.165, 1.54) is 38.8 Å². The summed E-state index contributed by atoms with van der Waals surface area (Å²) in [5.74, 6) is 0.920. The lowest BCUT2D eigenvalue weighted by Gasteiger charge is -2.42. The van der Waals surface area contributed by atoms with E-state index < -0.39 is 0 Å². The molecule has 0 unspecified atom stereocenters. The topological polar surface area (TPSA) is 21.3 Å². The summed E-state index contributed by atoms with van der Waals surface area (Å²) in [4.78, 5) is 0. The van der Waals surface area contributed by atoms with Gasteiger partial charge in [-0.1, -0.05) is 6.92 Å². The maximum absolute atomic E-state index is 5.42. The minimum absolute atomic E-state index is 0.606. The van der Waals surface area contributed by atoms with Gasteiger partial charge < -0.3 is 10.1 Å². The van der Waals surface area contributed by atoms with Crippen LogP contribution in [0.5, 0.6) is 0 Å². The molecule has 0 bridgehead atoms. The Morgan fingerprint density at radius 3 is 2.38 bits per heavy atom. The van der Waals surface area contributed by atoms with Gasteiger partial charge in [0.2, 0.25) is 0 Å². The third kappa shape index (κ3) is 2.05. The molecule has 0 saturated carbocycles. The van der Waals surface area contributed by atoms with Crippen molar-refractivity contribution in [1.29, 1.82) is 0 Å². The van der Waals surface area contributed by atoms with Gasteiger partial charge in [0.1, 0.15) is 0 Å². The standard InChI is InChI=1S/C11H21NO/c1-11(4-6-12-7-5-11)10-2-8-13-9-3-10/h10,12H,2-9H2,1H3. The summed E-state index contributed by atoms with van der Waals surface area (Å²) in [5.41, 5.74) is 0.606. The number of nitrogens with one attached hydrogen (secondary N) is 1. The molecule has 2 nitrogen and oxygen atoms in total. The quantitative estimate of drug-likeness (QED) is 0.669. The number of ether oxygens (including phenoxy) is 1. The Bertz CT molecular complexity index is 157. The van der Waals surface area contributed by atoms with Crippen molar-refractivity contribution in [2.75, 3.05) is 26.3 Å². The van der Waals surface area contributed by atoms with Gasteiger partial charge in [-0.25, -0.2) is 0 Å². The Hall–Kier alpha value is -0.0800. The number of rotatable bonds is 1. The summed E-state index contributed by atoms with van der Waals surface area (Å²) in [5, 5.41) is 3.45. The number of hydrogen-bond acceptors (Lipinski definition) is 2. The fourth-order valence-corrected chi connectivity index (χ4v) is 2.80. The monoisotopic (exact) mass is 183 g/mol. The summed E-state index contributed by atoms with van der Waals surface area (Å²) in [6, 6.07) is 0. The number of hydrogen-bond donors (Lipinski definition) is 1. The van der Waals surface area contributed by atoms with Gasteiger partial charge in [-0.2, -0.15) is 0 Å². The minimum Gasteiger partial charge on any atom is -0.381 e. The first-order chi connectivity index (χ1) is 6.31. The second-order valence-electron chi connectivity index (χ2n) is 4.79. The molecule has 0 aromatic rings. The summed E-state index contributed by atoms with van der Waals surface area (Å²) < 4.78 is 5.42. The third-order valence-electron chi connectivity index (χ3n) is 3.95. The van der Waals surface area contributed by atoms with E-state index in [9.17, 15) is 0 Å². The van der Waals surface area contributed by atoms with Gasteiger partial charge in [-0.3, -0.25) is 0 Å². The molecule has 0 atom stereocenters. The lowest BCUT2D eigenvalue weighted by Crippen LogP contribution is -2.41. The van der Waals surface area contributed by atoms with Crippen LogP contribution in [0.25, 0.3) is 0 Å². The highest BCUT2D eigenvalue weighted by atomic mass is 16.5. The third-order valence-corrected chi connectivity index (χ3v) is 3.95. The van der Waals surface area contributed by atoms with Gasteiger partial charge in [0.05, 0.1) is 0 Å². The van der Waals surface area contributed by atoms with Crippen LogP contribution in [0.2, 0.25) is 0 Å². The van der Waals surface area contributed by atoms with Crippen molar-refractivity contribution < 1.29 is 4.74 Å². The van der Waals surface area contributed by atoms with Crippen LogP contribution in [0.15, 0.2) is 0 Å². The van der Waals surface area contributed by atoms with Crippen molar-refractivity contribution in [2.45, 2.75) is 32.6 Å². The summed E-state index contributed by atoms with van der Waals surface area (Å²) in [7, 11) is 0. The molecule has 0 aromatic carbocycles. The molecule has 13 heavy (non-hydrogen) atoms. The highest BCUT2D eigenvalue weighted by molar-refractivity contribution is 4.87. The molecule has 2 heterocycles. The summed E-state index contributed by atoms with van der Waals surface area (Å²) in [6.45, 7) is 6.90. The van der Waals surface area contributed by atoms with Crippen LogP contribution >= 0.6 is 0 Å². The Balaban J connectivity index is 1.94.